The fourth-order valence-electron chi connectivity index (χ4n) is 5.08. The van der Waals surface area contributed by atoms with E-state index in [0.29, 0.717) is 5.56 Å². The van der Waals surface area contributed by atoms with Gasteiger partial charge in [0.1, 0.15) is 6.07 Å². The van der Waals surface area contributed by atoms with Crippen molar-refractivity contribution in [2.75, 3.05) is 18.4 Å². The van der Waals surface area contributed by atoms with Gasteiger partial charge in [-0.15, -0.1) is 0 Å². The maximum Gasteiger partial charge on any atom is 0.103 e. The molecule has 1 saturated heterocycles. The third-order valence-electron chi connectivity index (χ3n) is 7.29. The van der Waals surface area contributed by atoms with Crippen LogP contribution in [0, 0.1) is 11.3 Å². The van der Waals surface area contributed by atoms with E-state index in [9.17, 15) is 10.4 Å². The summed E-state index contributed by atoms with van der Waals surface area (Å²) in [7, 11) is 0. The summed E-state index contributed by atoms with van der Waals surface area (Å²) in [6, 6.07) is 22.6. The van der Waals surface area contributed by atoms with Crippen LogP contribution in [-0.2, 0) is 13.0 Å². The van der Waals surface area contributed by atoms with Crippen molar-refractivity contribution in [2.24, 2.45) is 0 Å². The average molecular weight is 516 g/mol. The molecule has 1 aliphatic rings. The fraction of sp³-hybridized carbons (Fsp3) is 0.219. The summed E-state index contributed by atoms with van der Waals surface area (Å²) in [4.78, 5) is 11.6. The van der Waals surface area contributed by atoms with Gasteiger partial charge in [-0.1, -0.05) is 24.3 Å². The van der Waals surface area contributed by atoms with Gasteiger partial charge in [-0.3, -0.25) is 14.9 Å². The summed E-state index contributed by atoms with van der Waals surface area (Å²) in [5, 5.41) is 23.8. The molecule has 0 aliphatic carbocycles. The van der Waals surface area contributed by atoms with Crippen LogP contribution in [0.5, 0.6) is 0 Å². The van der Waals surface area contributed by atoms with Crippen molar-refractivity contribution < 1.29 is 9.52 Å². The number of aliphatic hydroxyl groups is 1. The second-order valence-corrected chi connectivity index (χ2v) is 10.1. The minimum atomic E-state index is -0.165. The standard InChI is InChI=1S/C32H29N5O2/c33-17-26-19-35-31-16-25(30-8-3-24(18-34-30)20-37-12-9-28(38)10-13-37)4-7-29(31)32(26)36-27-5-1-22(2-6-27)15-23-11-14-39-21-23/h1-8,11,14,16,18-19,21,28,38H,9-10,12-13,15,20H2,(H,35,36). The van der Waals surface area contributed by atoms with Crippen molar-refractivity contribution >= 4 is 22.3 Å². The number of aromatic nitrogens is 2. The number of pyridine rings is 2. The molecule has 4 heterocycles. The lowest BCUT2D eigenvalue weighted by atomic mass is 10.0. The Morgan fingerprint density at radius 3 is 2.49 bits per heavy atom. The van der Waals surface area contributed by atoms with E-state index in [-0.39, 0.29) is 6.10 Å². The predicted molar refractivity (Wildman–Crippen MR) is 151 cm³/mol. The molecule has 0 unspecified atom stereocenters. The van der Waals surface area contributed by atoms with Crippen molar-refractivity contribution in [3.8, 4) is 17.3 Å². The van der Waals surface area contributed by atoms with Crippen LogP contribution in [0.25, 0.3) is 22.2 Å². The molecule has 2 N–H and O–H groups in total. The largest absolute Gasteiger partial charge is 0.472 e. The number of hydrogen-bond acceptors (Lipinski definition) is 7. The summed E-state index contributed by atoms with van der Waals surface area (Å²) in [5.41, 5.74) is 8.26. The van der Waals surface area contributed by atoms with Crippen LogP contribution < -0.4 is 5.32 Å². The van der Waals surface area contributed by atoms with E-state index < -0.39 is 0 Å². The van der Waals surface area contributed by atoms with Gasteiger partial charge in [0.2, 0.25) is 0 Å². The molecule has 2 aromatic carbocycles. The van der Waals surface area contributed by atoms with Crippen LogP contribution >= 0.6 is 0 Å². The molecule has 7 nitrogen and oxygen atoms in total. The van der Waals surface area contributed by atoms with Crippen LogP contribution in [0.1, 0.15) is 35.1 Å². The molecule has 7 heteroatoms. The molecule has 39 heavy (non-hydrogen) atoms. The maximum absolute atomic E-state index is 9.77. The van der Waals surface area contributed by atoms with Crippen molar-refractivity contribution in [3.63, 3.8) is 0 Å². The lowest BCUT2D eigenvalue weighted by Crippen LogP contribution is -2.35. The van der Waals surface area contributed by atoms with Gasteiger partial charge in [-0.25, -0.2) is 0 Å². The Morgan fingerprint density at radius 2 is 1.77 bits per heavy atom. The molecule has 0 bridgehead atoms. The smallest absolute Gasteiger partial charge is 0.103 e. The number of fused-ring (bicyclic) bond motifs is 1. The molecule has 0 atom stereocenters. The first-order chi connectivity index (χ1) is 19.1. The van der Waals surface area contributed by atoms with Crippen LogP contribution in [-0.4, -0.2) is 39.2 Å². The lowest BCUT2D eigenvalue weighted by molar-refractivity contribution is 0.0792. The van der Waals surface area contributed by atoms with Crippen LogP contribution in [0.2, 0.25) is 0 Å². The number of likely N-dealkylation sites (tertiary alicyclic amines) is 1. The second-order valence-electron chi connectivity index (χ2n) is 10.1. The Morgan fingerprint density at radius 1 is 0.949 bits per heavy atom. The summed E-state index contributed by atoms with van der Waals surface area (Å²) in [6.07, 6.45) is 9.29. The normalized spacial score (nSPS) is 14.4. The zero-order valence-corrected chi connectivity index (χ0v) is 21.5. The van der Waals surface area contributed by atoms with Gasteiger partial charge in [-0.2, -0.15) is 5.26 Å². The molecule has 194 valence electrons. The molecule has 0 spiro atoms. The zero-order valence-electron chi connectivity index (χ0n) is 21.5. The minimum absolute atomic E-state index is 0.165. The molecular formula is C32H29N5O2. The lowest BCUT2D eigenvalue weighted by Gasteiger charge is -2.29. The number of piperidine rings is 1. The monoisotopic (exact) mass is 515 g/mol. The van der Waals surface area contributed by atoms with E-state index >= 15 is 0 Å². The van der Waals surface area contributed by atoms with E-state index in [1.54, 1.807) is 18.7 Å². The van der Waals surface area contributed by atoms with E-state index in [2.05, 4.69) is 39.5 Å². The van der Waals surface area contributed by atoms with Gasteiger partial charge < -0.3 is 14.8 Å². The SMILES string of the molecule is N#Cc1cnc2cc(-c3ccc(CN4CCC(O)CC4)cn3)ccc2c1Nc1ccc(Cc2ccoc2)cc1. The Hall–Kier alpha value is -4.51. The molecule has 1 aliphatic heterocycles. The Labute approximate surface area is 227 Å². The van der Waals surface area contributed by atoms with Gasteiger partial charge in [-0.05, 0) is 65.9 Å². The highest BCUT2D eigenvalue weighted by Gasteiger charge is 2.17. The molecule has 6 rings (SSSR count). The van der Waals surface area contributed by atoms with Gasteiger partial charge in [0.15, 0.2) is 0 Å². The molecule has 0 radical (unpaired) electrons. The molecular weight excluding hydrogens is 486 g/mol. The Bertz CT molecular complexity index is 1600. The molecule has 1 fully saturated rings. The third kappa shape index (κ3) is 5.68. The quantitative estimate of drug-likeness (QED) is 0.272. The molecule has 0 saturated carbocycles. The average Bonchev–Trinajstić information content (AvgIpc) is 3.49. The summed E-state index contributed by atoms with van der Waals surface area (Å²) >= 11 is 0. The number of hydrogen-bond donors (Lipinski definition) is 2. The van der Waals surface area contributed by atoms with E-state index in [0.717, 1.165) is 83.6 Å². The third-order valence-corrected chi connectivity index (χ3v) is 7.29. The van der Waals surface area contributed by atoms with E-state index in [1.807, 2.05) is 48.7 Å². The highest BCUT2D eigenvalue weighted by Crippen LogP contribution is 2.32. The van der Waals surface area contributed by atoms with E-state index in [1.165, 1.54) is 5.56 Å². The number of rotatable bonds is 7. The molecule has 0 amide bonds. The van der Waals surface area contributed by atoms with Crippen LogP contribution in [0.15, 0.2) is 90.0 Å². The number of anilines is 2. The summed E-state index contributed by atoms with van der Waals surface area (Å²) < 4.78 is 5.17. The number of nitrogens with one attached hydrogen (secondary N) is 1. The van der Waals surface area contributed by atoms with Gasteiger partial charge in [0.05, 0.1) is 41.1 Å². The number of aliphatic hydroxyl groups excluding tert-OH is 1. The van der Waals surface area contributed by atoms with Crippen molar-refractivity contribution in [2.45, 2.75) is 31.9 Å². The first-order valence-corrected chi connectivity index (χ1v) is 13.2. The number of furan rings is 1. The highest BCUT2D eigenvalue weighted by atomic mass is 16.3. The van der Waals surface area contributed by atoms with E-state index in [4.69, 9.17) is 9.40 Å². The predicted octanol–water partition coefficient (Wildman–Crippen LogP) is 6.05. The second kappa shape index (κ2) is 11.1. The maximum atomic E-state index is 9.77. The van der Waals surface area contributed by atoms with Crippen molar-refractivity contribution in [3.05, 3.63) is 108 Å². The summed E-state index contributed by atoms with van der Waals surface area (Å²) in [6.45, 7) is 2.67. The minimum Gasteiger partial charge on any atom is -0.472 e. The topological polar surface area (TPSA) is 98.2 Å². The molecule has 3 aromatic heterocycles. The number of nitriles is 1. The Balaban J connectivity index is 1.21. The zero-order chi connectivity index (χ0) is 26.6. The van der Waals surface area contributed by atoms with Crippen LogP contribution in [0.4, 0.5) is 11.4 Å². The summed E-state index contributed by atoms with van der Waals surface area (Å²) in [5.74, 6) is 0. The van der Waals surface area contributed by atoms with Gasteiger partial charge in [0, 0.05) is 55.1 Å². The number of nitrogens with zero attached hydrogens (tertiary/aromatic N) is 4. The van der Waals surface area contributed by atoms with Crippen LogP contribution in [0.3, 0.4) is 0 Å². The Kier molecular flexibility index (Phi) is 7.05. The van der Waals surface area contributed by atoms with Gasteiger partial charge in [0.25, 0.3) is 0 Å². The molecule has 5 aromatic rings. The van der Waals surface area contributed by atoms with Crippen molar-refractivity contribution in [1.82, 2.24) is 14.9 Å². The highest BCUT2D eigenvalue weighted by molar-refractivity contribution is 5.97. The first-order valence-electron chi connectivity index (χ1n) is 13.2. The van der Waals surface area contributed by atoms with Gasteiger partial charge >= 0.3 is 0 Å². The van der Waals surface area contributed by atoms with Crippen molar-refractivity contribution in [1.29, 1.82) is 5.26 Å². The fourth-order valence-corrected chi connectivity index (χ4v) is 5.08. The number of benzene rings is 2. The first kappa shape index (κ1) is 24.8.